The largest absolute Gasteiger partial charge is 0.362 e. The van der Waals surface area contributed by atoms with E-state index >= 15 is 0 Å². The van der Waals surface area contributed by atoms with Crippen LogP contribution in [-0.4, -0.2) is 25.6 Å². The first kappa shape index (κ1) is 12.6. The molecule has 0 fully saturated rings. The molecule has 3 heterocycles. The van der Waals surface area contributed by atoms with Gasteiger partial charge in [-0.1, -0.05) is 18.2 Å². The van der Waals surface area contributed by atoms with Crippen molar-refractivity contribution in [1.29, 1.82) is 0 Å². The summed E-state index contributed by atoms with van der Waals surface area (Å²) in [5.41, 5.74) is 2.13. The van der Waals surface area contributed by atoms with Crippen molar-refractivity contribution in [3.8, 4) is 0 Å². The molecule has 4 rings (SSSR count). The van der Waals surface area contributed by atoms with Crippen molar-refractivity contribution in [2.24, 2.45) is 0 Å². The van der Waals surface area contributed by atoms with Crippen LogP contribution < -0.4 is 5.32 Å². The Bertz CT molecular complexity index is 798. The molecule has 1 aliphatic heterocycles. The zero-order valence-electron chi connectivity index (χ0n) is 11.7. The number of fused-ring (bicyclic) bond motifs is 2. The maximum Gasteiger partial charge on any atom is 0.178 e. The monoisotopic (exact) mass is 297 g/mol. The van der Waals surface area contributed by atoms with Gasteiger partial charge in [0, 0.05) is 10.6 Å². The van der Waals surface area contributed by atoms with E-state index in [9.17, 15) is 0 Å². The molecule has 3 aromatic rings. The molecular formula is C15H15N5S. The van der Waals surface area contributed by atoms with Crippen LogP contribution in [0.3, 0.4) is 0 Å². The van der Waals surface area contributed by atoms with E-state index in [2.05, 4.69) is 44.9 Å². The molecule has 0 bridgehead atoms. The van der Waals surface area contributed by atoms with Gasteiger partial charge in [0.25, 0.3) is 0 Å². The topological polar surface area (TPSA) is 55.1 Å². The van der Waals surface area contributed by atoms with Crippen LogP contribution in [0.4, 0.5) is 5.82 Å². The number of aromatic nitrogens is 4. The summed E-state index contributed by atoms with van der Waals surface area (Å²) in [7, 11) is 0. The standard InChI is InChI=1S/C15H15N5S/c1-10-17-18-15-7-6-14(19-20(10)15)16-12-8-9-21-13-5-3-2-4-11(12)13/h2-7,12H,8-9H2,1H3,(H,16,19). The number of thioether (sulfide) groups is 1. The van der Waals surface area contributed by atoms with Crippen molar-refractivity contribution in [3.63, 3.8) is 0 Å². The molecule has 0 spiro atoms. The fourth-order valence-corrected chi connectivity index (χ4v) is 3.77. The number of nitrogens with one attached hydrogen (secondary N) is 1. The van der Waals surface area contributed by atoms with E-state index in [1.165, 1.54) is 10.5 Å². The molecule has 5 nitrogen and oxygen atoms in total. The van der Waals surface area contributed by atoms with Crippen molar-refractivity contribution >= 4 is 23.2 Å². The lowest BCUT2D eigenvalue weighted by Gasteiger charge is -2.26. The fourth-order valence-electron chi connectivity index (χ4n) is 2.64. The van der Waals surface area contributed by atoms with E-state index in [1.54, 1.807) is 4.52 Å². The molecule has 1 aliphatic rings. The maximum atomic E-state index is 4.58. The summed E-state index contributed by atoms with van der Waals surface area (Å²) in [6, 6.07) is 12.8. The van der Waals surface area contributed by atoms with E-state index in [4.69, 9.17) is 0 Å². The molecule has 1 N–H and O–H groups in total. The first-order chi connectivity index (χ1) is 10.3. The molecule has 1 unspecified atom stereocenters. The smallest absolute Gasteiger partial charge is 0.178 e. The Morgan fingerprint density at radius 1 is 1.19 bits per heavy atom. The lowest BCUT2D eigenvalue weighted by Crippen LogP contribution is -2.17. The van der Waals surface area contributed by atoms with Crippen LogP contribution in [-0.2, 0) is 0 Å². The van der Waals surface area contributed by atoms with Crippen molar-refractivity contribution in [2.75, 3.05) is 11.1 Å². The molecule has 0 aliphatic carbocycles. The predicted octanol–water partition coefficient (Wildman–Crippen LogP) is 3.08. The van der Waals surface area contributed by atoms with Crippen molar-refractivity contribution in [3.05, 3.63) is 47.8 Å². The molecule has 106 valence electrons. The third-order valence-corrected chi connectivity index (χ3v) is 4.82. The Labute approximate surface area is 126 Å². The van der Waals surface area contributed by atoms with E-state index in [-0.39, 0.29) is 0 Å². The Hall–Kier alpha value is -2.08. The van der Waals surface area contributed by atoms with Crippen LogP contribution in [0.1, 0.15) is 23.9 Å². The number of hydrogen-bond acceptors (Lipinski definition) is 5. The predicted molar refractivity (Wildman–Crippen MR) is 83.7 cm³/mol. The van der Waals surface area contributed by atoms with Gasteiger partial charge in [0.15, 0.2) is 11.5 Å². The van der Waals surface area contributed by atoms with Crippen LogP contribution in [0.2, 0.25) is 0 Å². The van der Waals surface area contributed by atoms with Gasteiger partial charge in [0.2, 0.25) is 0 Å². The second-order valence-corrected chi connectivity index (χ2v) is 6.24. The number of aryl methyl sites for hydroxylation is 1. The van der Waals surface area contributed by atoms with Gasteiger partial charge in [-0.05, 0) is 37.1 Å². The van der Waals surface area contributed by atoms with Gasteiger partial charge in [0.05, 0.1) is 6.04 Å². The third-order valence-electron chi connectivity index (χ3n) is 3.70. The first-order valence-corrected chi connectivity index (χ1v) is 7.97. The van der Waals surface area contributed by atoms with Gasteiger partial charge < -0.3 is 5.32 Å². The molecule has 0 saturated heterocycles. The Balaban J connectivity index is 1.67. The molecule has 1 atom stereocenters. The second kappa shape index (κ2) is 5.04. The van der Waals surface area contributed by atoms with E-state index < -0.39 is 0 Å². The second-order valence-electron chi connectivity index (χ2n) is 5.11. The van der Waals surface area contributed by atoms with Crippen LogP contribution in [0.5, 0.6) is 0 Å². The highest BCUT2D eigenvalue weighted by Gasteiger charge is 2.20. The molecule has 21 heavy (non-hydrogen) atoms. The summed E-state index contributed by atoms with van der Waals surface area (Å²) in [6.07, 6.45) is 1.10. The zero-order chi connectivity index (χ0) is 14.2. The highest BCUT2D eigenvalue weighted by atomic mass is 32.2. The van der Waals surface area contributed by atoms with Crippen LogP contribution in [0.25, 0.3) is 5.65 Å². The van der Waals surface area contributed by atoms with Gasteiger partial charge >= 0.3 is 0 Å². The molecule has 6 heteroatoms. The van der Waals surface area contributed by atoms with Crippen molar-refractivity contribution < 1.29 is 0 Å². The summed E-state index contributed by atoms with van der Waals surface area (Å²) < 4.78 is 1.77. The summed E-state index contributed by atoms with van der Waals surface area (Å²) >= 11 is 1.92. The van der Waals surface area contributed by atoms with E-state index in [1.807, 2.05) is 30.8 Å². The van der Waals surface area contributed by atoms with Gasteiger partial charge in [0.1, 0.15) is 5.82 Å². The molecule has 1 aromatic carbocycles. The summed E-state index contributed by atoms with van der Waals surface area (Å²) in [4.78, 5) is 1.36. The molecule has 0 radical (unpaired) electrons. The van der Waals surface area contributed by atoms with Gasteiger partial charge in [-0.15, -0.1) is 27.1 Å². The Morgan fingerprint density at radius 3 is 3.05 bits per heavy atom. The quantitative estimate of drug-likeness (QED) is 0.788. The van der Waals surface area contributed by atoms with Crippen molar-refractivity contribution in [2.45, 2.75) is 24.3 Å². The number of hydrogen-bond donors (Lipinski definition) is 1. The Morgan fingerprint density at radius 2 is 2.10 bits per heavy atom. The maximum absolute atomic E-state index is 4.58. The zero-order valence-corrected chi connectivity index (χ0v) is 12.5. The summed E-state index contributed by atoms with van der Waals surface area (Å²) in [5, 5.41) is 16.2. The number of anilines is 1. The molecular weight excluding hydrogens is 282 g/mol. The average Bonchev–Trinajstić information content (AvgIpc) is 2.89. The summed E-state index contributed by atoms with van der Waals surface area (Å²) in [6.45, 7) is 1.91. The Kier molecular flexibility index (Phi) is 3.03. The summed E-state index contributed by atoms with van der Waals surface area (Å²) in [5.74, 6) is 2.79. The van der Waals surface area contributed by atoms with Crippen LogP contribution in [0.15, 0.2) is 41.3 Å². The third kappa shape index (κ3) is 2.25. The number of nitrogens with zero attached hydrogens (tertiary/aromatic N) is 4. The highest BCUT2D eigenvalue weighted by molar-refractivity contribution is 7.99. The molecule has 0 amide bonds. The minimum Gasteiger partial charge on any atom is -0.362 e. The van der Waals surface area contributed by atoms with Gasteiger partial charge in [-0.25, -0.2) is 0 Å². The van der Waals surface area contributed by atoms with E-state index in [0.29, 0.717) is 6.04 Å². The minimum atomic E-state index is 0.309. The average molecular weight is 297 g/mol. The first-order valence-electron chi connectivity index (χ1n) is 6.98. The number of benzene rings is 1. The molecule has 0 saturated carbocycles. The van der Waals surface area contributed by atoms with E-state index in [0.717, 1.165) is 29.5 Å². The van der Waals surface area contributed by atoms with Crippen molar-refractivity contribution in [1.82, 2.24) is 19.8 Å². The fraction of sp³-hybridized carbons (Fsp3) is 0.267. The van der Waals surface area contributed by atoms with Gasteiger partial charge in [-0.2, -0.15) is 4.52 Å². The highest BCUT2D eigenvalue weighted by Crippen LogP contribution is 2.37. The lowest BCUT2D eigenvalue weighted by atomic mass is 10.0. The lowest BCUT2D eigenvalue weighted by molar-refractivity contribution is 0.717. The normalized spacial score (nSPS) is 17.7. The van der Waals surface area contributed by atoms with Crippen LogP contribution >= 0.6 is 11.8 Å². The van der Waals surface area contributed by atoms with Gasteiger partial charge in [-0.3, -0.25) is 0 Å². The SMILES string of the molecule is Cc1nnc2ccc(NC3CCSc4ccccc43)nn12. The molecule has 2 aromatic heterocycles. The number of rotatable bonds is 2. The minimum absolute atomic E-state index is 0.309. The van der Waals surface area contributed by atoms with Crippen LogP contribution in [0, 0.1) is 6.92 Å².